The monoisotopic (exact) mass is 402 g/mol. The number of hydrogen-bond donors (Lipinski definition) is 0. The van der Waals surface area contributed by atoms with Crippen molar-refractivity contribution in [1.29, 1.82) is 0 Å². The molecule has 1 aliphatic rings. The second-order valence-corrected chi connectivity index (χ2v) is 6.18. The minimum Gasteiger partial charge on any atom is -0.497 e. The molecule has 11 heteroatoms. The van der Waals surface area contributed by atoms with Crippen LogP contribution in [0.3, 0.4) is 0 Å². The Morgan fingerprint density at radius 1 is 1.33 bits per heavy atom. The summed E-state index contributed by atoms with van der Waals surface area (Å²) in [5, 5.41) is 4.04. The molecule has 0 radical (unpaired) electrons. The molecule has 1 aromatic heterocycles. The predicted octanol–water partition coefficient (Wildman–Crippen LogP) is 2.82. The molecule has 27 heavy (non-hydrogen) atoms. The quantitative estimate of drug-likeness (QED) is 0.435. The highest BCUT2D eigenvalue weighted by molar-refractivity contribution is 6.13. The second-order valence-electron chi connectivity index (χ2n) is 5.70. The topological polar surface area (TPSA) is 69.5 Å². The summed E-state index contributed by atoms with van der Waals surface area (Å²) in [4.78, 5) is 15.6. The number of nitrogens with zero attached hydrogens (tertiary/aromatic N) is 4. The molecule has 0 aliphatic carbocycles. The molecule has 144 valence electrons. The van der Waals surface area contributed by atoms with E-state index in [0.717, 1.165) is 18.2 Å². The maximum absolute atomic E-state index is 13.0. The third kappa shape index (κ3) is 4.77. The van der Waals surface area contributed by atoms with Crippen molar-refractivity contribution >= 4 is 23.9 Å². The zero-order chi connectivity index (χ0) is 19.6. The van der Waals surface area contributed by atoms with Crippen LogP contribution >= 0.6 is 11.8 Å². The molecule has 1 saturated heterocycles. The molecule has 0 atom stereocenters. The summed E-state index contributed by atoms with van der Waals surface area (Å²) in [5.74, 6) is -0.499. The summed E-state index contributed by atoms with van der Waals surface area (Å²) in [7, 11) is 1.27. The molecule has 0 N–H and O–H groups in total. The van der Waals surface area contributed by atoms with Crippen LogP contribution in [0, 0.1) is 0 Å². The molecular formula is C16H14ClF3N4O3. The van der Waals surface area contributed by atoms with Gasteiger partial charge < -0.3 is 9.47 Å². The van der Waals surface area contributed by atoms with Gasteiger partial charge in [0.15, 0.2) is 5.82 Å². The number of rotatable bonds is 5. The number of benzene rings is 1. The van der Waals surface area contributed by atoms with E-state index in [1.54, 1.807) is 0 Å². The van der Waals surface area contributed by atoms with Gasteiger partial charge in [-0.05, 0) is 30.0 Å². The number of halogens is 4. The van der Waals surface area contributed by atoms with Gasteiger partial charge in [-0.25, -0.2) is 18.9 Å². The first-order valence-electron chi connectivity index (χ1n) is 7.72. The number of methoxy groups -OCH3 is 1. The normalized spacial score (nSPS) is 15.7. The van der Waals surface area contributed by atoms with Gasteiger partial charge in [-0.3, -0.25) is 0 Å². The number of ether oxygens (including phenoxy) is 2. The van der Waals surface area contributed by atoms with Crippen LogP contribution in [0.4, 0.5) is 13.2 Å². The lowest BCUT2D eigenvalue weighted by Gasteiger charge is -2.32. The Kier molecular flexibility index (Phi) is 5.38. The average molecular weight is 403 g/mol. The molecule has 0 bridgehead atoms. The van der Waals surface area contributed by atoms with Gasteiger partial charge in [-0.1, -0.05) is 0 Å². The van der Waals surface area contributed by atoms with Crippen LogP contribution in [0.5, 0.6) is 5.75 Å². The van der Waals surface area contributed by atoms with Gasteiger partial charge in [0.2, 0.25) is 0 Å². The van der Waals surface area contributed by atoms with Gasteiger partial charge in [0.05, 0.1) is 25.8 Å². The summed E-state index contributed by atoms with van der Waals surface area (Å²) in [6.07, 6.45) is -1.10. The number of carbonyl (C=O) groups is 1. The molecule has 0 saturated carbocycles. The van der Waals surface area contributed by atoms with Gasteiger partial charge in [0.25, 0.3) is 0 Å². The highest BCUT2D eigenvalue weighted by atomic mass is 35.5. The van der Waals surface area contributed by atoms with E-state index < -0.39 is 17.7 Å². The Morgan fingerprint density at radius 2 is 2.07 bits per heavy atom. The zero-order valence-electron chi connectivity index (χ0n) is 14.0. The summed E-state index contributed by atoms with van der Waals surface area (Å²) >= 11 is 5.64. The molecule has 2 heterocycles. The Hall–Kier alpha value is -2.59. The van der Waals surface area contributed by atoms with Crippen LogP contribution in [-0.4, -0.2) is 51.5 Å². The molecule has 1 fully saturated rings. The third-order valence-electron chi connectivity index (χ3n) is 3.69. The lowest BCUT2D eigenvalue weighted by atomic mass is 10.1. The van der Waals surface area contributed by atoms with E-state index in [9.17, 15) is 18.0 Å². The van der Waals surface area contributed by atoms with Gasteiger partial charge in [-0.2, -0.15) is 13.2 Å². The summed E-state index contributed by atoms with van der Waals surface area (Å²) in [6, 6.07) is 3.20. The van der Waals surface area contributed by atoms with Crippen molar-refractivity contribution in [3.63, 3.8) is 0 Å². The van der Waals surface area contributed by atoms with Gasteiger partial charge in [0, 0.05) is 17.8 Å². The first-order chi connectivity index (χ1) is 12.7. The van der Waals surface area contributed by atoms with E-state index in [1.165, 1.54) is 34.8 Å². The molecule has 1 aromatic carbocycles. The van der Waals surface area contributed by atoms with Crippen molar-refractivity contribution in [3.8, 4) is 17.1 Å². The minimum absolute atomic E-state index is 0.0316. The van der Waals surface area contributed by atoms with Gasteiger partial charge >= 0.3 is 12.1 Å². The Labute approximate surface area is 157 Å². The van der Waals surface area contributed by atoms with Crippen LogP contribution in [0.2, 0.25) is 0 Å². The Bertz CT molecular complexity index is 863. The highest BCUT2D eigenvalue weighted by Crippen LogP contribution is 2.34. The number of esters is 1. The van der Waals surface area contributed by atoms with Crippen LogP contribution in [0.15, 0.2) is 30.6 Å². The van der Waals surface area contributed by atoms with Crippen molar-refractivity contribution in [2.75, 3.05) is 20.2 Å². The SMILES string of the molecule is COc1cc(-c2ncn(/C=C\C(=O)OC3CN(Cl)C3)n2)cc(C(F)(F)F)c1. The van der Waals surface area contributed by atoms with E-state index >= 15 is 0 Å². The van der Waals surface area contributed by atoms with E-state index in [4.69, 9.17) is 21.3 Å². The Morgan fingerprint density at radius 3 is 2.70 bits per heavy atom. The van der Waals surface area contributed by atoms with E-state index in [-0.39, 0.29) is 23.2 Å². The molecule has 0 amide bonds. The van der Waals surface area contributed by atoms with Crippen LogP contribution in [0.25, 0.3) is 17.6 Å². The van der Waals surface area contributed by atoms with Crippen LogP contribution in [0.1, 0.15) is 5.56 Å². The van der Waals surface area contributed by atoms with Crippen molar-refractivity contribution in [2.45, 2.75) is 12.3 Å². The average Bonchev–Trinajstić information content (AvgIpc) is 3.06. The molecule has 0 spiro atoms. The van der Waals surface area contributed by atoms with Crippen LogP contribution in [-0.2, 0) is 15.7 Å². The maximum Gasteiger partial charge on any atom is 0.416 e. The largest absolute Gasteiger partial charge is 0.497 e. The fourth-order valence-electron chi connectivity index (χ4n) is 2.29. The van der Waals surface area contributed by atoms with Gasteiger partial charge in [-0.15, -0.1) is 5.10 Å². The Balaban J connectivity index is 1.73. The predicted molar refractivity (Wildman–Crippen MR) is 89.6 cm³/mol. The van der Waals surface area contributed by atoms with Crippen molar-refractivity contribution < 1.29 is 27.4 Å². The van der Waals surface area contributed by atoms with Crippen molar-refractivity contribution in [2.24, 2.45) is 0 Å². The standard InChI is InChI=1S/C16H14ClF3N4O3/c1-26-12-5-10(4-11(6-12)16(18,19)20)15-21-9-24(22-15)3-2-14(25)27-13-7-23(17)8-13/h2-6,9,13H,7-8H2,1H3/b3-2-. The van der Waals surface area contributed by atoms with Crippen molar-refractivity contribution in [3.05, 3.63) is 36.2 Å². The molecule has 7 nitrogen and oxygen atoms in total. The second kappa shape index (κ2) is 7.57. The lowest BCUT2D eigenvalue weighted by Crippen LogP contribution is -2.47. The molecular weight excluding hydrogens is 389 g/mol. The first kappa shape index (κ1) is 19.2. The number of carbonyl (C=O) groups excluding carboxylic acids is 1. The third-order valence-corrected chi connectivity index (χ3v) is 3.96. The molecule has 3 rings (SSSR count). The smallest absolute Gasteiger partial charge is 0.416 e. The van der Waals surface area contributed by atoms with E-state index in [0.29, 0.717) is 13.1 Å². The number of alkyl halides is 3. The fraction of sp³-hybridized carbons (Fsp3) is 0.312. The lowest BCUT2D eigenvalue weighted by molar-refractivity contribution is -0.148. The summed E-state index contributed by atoms with van der Waals surface area (Å²) in [6.45, 7) is 0.901. The zero-order valence-corrected chi connectivity index (χ0v) is 14.7. The van der Waals surface area contributed by atoms with Gasteiger partial charge in [0.1, 0.15) is 18.2 Å². The molecule has 1 aliphatic heterocycles. The number of hydrogen-bond acceptors (Lipinski definition) is 6. The summed E-state index contributed by atoms with van der Waals surface area (Å²) < 4.78 is 51.7. The van der Waals surface area contributed by atoms with E-state index in [2.05, 4.69) is 10.1 Å². The van der Waals surface area contributed by atoms with Crippen molar-refractivity contribution in [1.82, 2.24) is 19.2 Å². The van der Waals surface area contributed by atoms with E-state index in [1.807, 2.05) is 0 Å². The van der Waals surface area contributed by atoms with Crippen LogP contribution < -0.4 is 4.74 Å². The molecule has 2 aromatic rings. The number of aromatic nitrogens is 3. The minimum atomic E-state index is -4.53. The fourth-order valence-corrected chi connectivity index (χ4v) is 2.60. The maximum atomic E-state index is 13.0. The summed E-state index contributed by atoms with van der Waals surface area (Å²) in [5.41, 5.74) is -0.741. The first-order valence-corrected chi connectivity index (χ1v) is 8.06. The highest BCUT2D eigenvalue weighted by Gasteiger charge is 2.32. The molecule has 0 unspecified atom stereocenters.